The number of carbonyl (C=O) groups is 1. The second-order valence-corrected chi connectivity index (χ2v) is 7.94. The van der Waals surface area contributed by atoms with Crippen LogP contribution in [0.5, 0.6) is 11.5 Å². The Kier molecular flexibility index (Phi) is 6.30. The number of fused-ring (bicyclic) bond motifs is 1. The molecule has 172 valence electrons. The number of rotatable bonds is 7. The van der Waals surface area contributed by atoms with Gasteiger partial charge in [0.15, 0.2) is 0 Å². The van der Waals surface area contributed by atoms with Gasteiger partial charge in [-0.1, -0.05) is 42.5 Å². The number of amides is 1. The van der Waals surface area contributed by atoms with E-state index in [1.54, 1.807) is 42.7 Å². The van der Waals surface area contributed by atoms with E-state index in [4.69, 9.17) is 4.74 Å². The number of hydrogen-bond acceptors (Lipinski definition) is 5. The summed E-state index contributed by atoms with van der Waals surface area (Å²) in [6, 6.07) is 27.4. The second kappa shape index (κ2) is 10.0. The molecular formula is C28H22N4O3. The monoisotopic (exact) mass is 462 g/mol. The quantitative estimate of drug-likeness (QED) is 0.383. The Balaban J connectivity index is 1.34. The third kappa shape index (κ3) is 5.09. The highest BCUT2D eigenvalue weighted by Gasteiger charge is 2.13. The van der Waals surface area contributed by atoms with Crippen LogP contribution in [0.2, 0.25) is 0 Å². The molecule has 2 heterocycles. The van der Waals surface area contributed by atoms with Crippen molar-refractivity contribution in [3.63, 3.8) is 0 Å². The van der Waals surface area contributed by atoms with Crippen molar-refractivity contribution >= 4 is 16.7 Å². The molecule has 35 heavy (non-hydrogen) atoms. The highest BCUT2D eigenvalue weighted by molar-refractivity contribution is 5.94. The van der Waals surface area contributed by atoms with Crippen LogP contribution in [0, 0.1) is 0 Å². The van der Waals surface area contributed by atoms with Crippen molar-refractivity contribution in [1.82, 2.24) is 20.1 Å². The molecule has 7 nitrogen and oxygen atoms in total. The van der Waals surface area contributed by atoms with Gasteiger partial charge in [-0.05, 0) is 54.1 Å². The molecule has 0 fully saturated rings. The number of hydrogen-bond donors (Lipinski definition) is 1. The predicted molar refractivity (Wildman–Crippen MR) is 133 cm³/mol. The first-order valence-electron chi connectivity index (χ1n) is 11.2. The van der Waals surface area contributed by atoms with Gasteiger partial charge in [0.05, 0.1) is 24.2 Å². The summed E-state index contributed by atoms with van der Waals surface area (Å²) >= 11 is 0. The summed E-state index contributed by atoms with van der Waals surface area (Å²) < 4.78 is 7.20. The van der Waals surface area contributed by atoms with Gasteiger partial charge in [-0.2, -0.15) is 5.10 Å². The molecule has 0 bridgehead atoms. The van der Waals surface area contributed by atoms with E-state index in [1.807, 2.05) is 60.7 Å². The minimum atomic E-state index is -0.243. The van der Waals surface area contributed by atoms with E-state index < -0.39 is 0 Å². The van der Waals surface area contributed by atoms with E-state index in [2.05, 4.69) is 15.4 Å². The SMILES string of the molecule is O=C(NCc1nn(Cc2cccnc2)c(=O)c2ccccc12)c1ccc(Oc2ccccc2)cc1. The van der Waals surface area contributed by atoms with Crippen LogP contribution in [0.25, 0.3) is 10.8 Å². The summed E-state index contributed by atoms with van der Waals surface area (Å²) in [7, 11) is 0. The number of nitrogens with one attached hydrogen (secondary N) is 1. The first-order chi connectivity index (χ1) is 17.2. The zero-order valence-electron chi connectivity index (χ0n) is 18.8. The van der Waals surface area contributed by atoms with Crippen molar-refractivity contribution < 1.29 is 9.53 Å². The van der Waals surface area contributed by atoms with Gasteiger partial charge in [0.2, 0.25) is 0 Å². The number of carbonyl (C=O) groups excluding carboxylic acids is 1. The standard InChI is InChI=1S/C28H22N4O3/c33-27(21-12-14-23(15-13-21)35-22-8-2-1-3-9-22)30-18-26-24-10-4-5-11-25(24)28(34)32(31-26)19-20-7-6-16-29-17-20/h1-17H,18-19H2,(H,30,33). The van der Waals surface area contributed by atoms with Gasteiger partial charge in [0.1, 0.15) is 11.5 Å². The molecule has 0 aliphatic rings. The lowest BCUT2D eigenvalue weighted by atomic mass is 10.1. The van der Waals surface area contributed by atoms with Gasteiger partial charge in [-0.3, -0.25) is 14.6 Å². The fraction of sp³-hybridized carbons (Fsp3) is 0.0714. The summed E-state index contributed by atoms with van der Waals surface area (Å²) in [5.41, 5.74) is 1.79. The van der Waals surface area contributed by atoms with Gasteiger partial charge in [0.25, 0.3) is 11.5 Å². The van der Waals surface area contributed by atoms with E-state index in [-0.39, 0.29) is 18.0 Å². The molecule has 5 rings (SSSR count). The van der Waals surface area contributed by atoms with Crippen molar-refractivity contribution in [1.29, 1.82) is 0 Å². The molecule has 0 saturated carbocycles. The second-order valence-electron chi connectivity index (χ2n) is 7.94. The van der Waals surface area contributed by atoms with Crippen LogP contribution in [0.3, 0.4) is 0 Å². The molecule has 1 amide bonds. The highest BCUT2D eigenvalue weighted by Crippen LogP contribution is 2.21. The minimum Gasteiger partial charge on any atom is -0.457 e. The maximum atomic E-state index is 13.0. The van der Waals surface area contributed by atoms with E-state index >= 15 is 0 Å². The maximum Gasteiger partial charge on any atom is 0.274 e. The Labute approximate surface area is 201 Å². The minimum absolute atomic E-state index is 0.176. The van der Waals surface area contributed by atoms with Gasteiger partial charge in [-0.15, -0.1) is 0 Å². The summed E-state index contributed by atoms with van der Waals surface area (Å²) in [5, 5.41) is 8.75. The van der Waals surface area contributed by atoms with E-state index in [0.717, 1.165) is 11.3 Å². The largest absolute Gasteiger partial charge is 0.457 e. The molecular weight excluding hydrogens is 440 g/mol. The average Bonchev–Trinajstić information content (AvgIpc) is 2.91. The number of pyridine rings is 1. The Morgan fingerprint density at radius 2 is 1.54 bits per heavy atom. The number of para-hydroxylation sites is 1. The predicted octanol–water partition coefficient (Wildman–Crippen LogP) is 4.56. The summed E-state index contributed by atoms with van der Waals surface area (Å²) in [6.07, 6.45) is 3.39. The van der Waals surface area contributed by atoms with Crippen molar-refractivity contribution in [2.45, 2.75) is 13.1 Å². The number of benzene rings is 3. The van der Waals surface area contributed by atoms with Crippen LogP contribution in [0.1, 0.15) is 21.6 Å². The molecule has 0 aliphatic heterocycles. The molecule has 0 aliphatic carbocycles. The fourth-order valence-corrected chi connectivity index (χ4v) is 3.77. The topological polar surface area (TPSA) is 86.1 Å². The molecule has 0 saturated heterocycles. The van der Waals surface area contributed by atoms with Crippen molar-refractivity contribution in [2.24, 2.45) is 0 Å². The Morgan fingerprint density at radius 1 is 0.829 bits per heavy atom. The Morgan fingerprint density at radius 3 is 2.29 bits per heavy atom. The van der Waals surface area contributed by atoms with Gasteiger partial charge in [-0.25, -0.2) is 4.68 Å². The van der Waals surface area contributed by atoms with Gasteiger partial charge in [0, 0.05) is 23.3 Å². The van der Waals surface area contributed by atoms with E-state index in [9.17, 15) is 9.59 Å². The summed E-state index contributed by atoms with van der Waals surface area (Å²) in [4.78, 5) is 29.9. The number of ether oxygens (including phenoxy) is 1. The van der Waals surface area contributed by atoms with Crippen molar-refractivity contribution in [2.75, 3.05) is 0 Å². The lowest BCUT2D eigenvalue weighted by Gasteiger charge is -2.12. The van der Waals surface area contributed by atoms with Crippen molar-refractivity contribution in [3.05, 3.63) is 131 Å². The Bertz CT molecular complexity index is 1520. The lowest BCUT2D eigenvalue weighted by molar-refractivity contribution is 0.0950. The average molecular weight is 463 g/mol. The molecule has 0 radical (unpaired) electrons. The molecule has 2 aromatic heterocycles. The van der Waals surface area contributed by atoms with Crippen LogP contribution in [0.4, 0.5) is 0 Å². The maximum absolute atomic E-state index is 13.0. The molecule has 0 unspecified atom stereocenters. The molecule has 0 atom stereocenters. The smallest absolute Gasteiger partial charge is 0.274 e. The first-order valence-corrected chi connectivity index (χ1v) is 11.2. The zero-order chi connectivity index (χ0) is 24.0. The van der Waals surface area contributed by atoms with Crippen LogP contribution < -0.4 is 15.6 Å². The van der Waals surface area contributed by atoms with Crippen LogP contribution in [0.15, 0.2) is 108 Å². The van der Waals surface area contributed by atoms with Crippen molar-refractivity contribution in [3.8, 4) is 11.5 Å². The highest BCUT2D eigenvalue weighted by atomic mass is 16.5. The Hall–Kier alpha value is -4.78. The fourth-order valence-electron chi connectivity index (χ4n) is 3.77. The lowest BCUT2D eigenvalue weighted by Crippen LogP contribution is -2.29. The van der Waals surface area contributed by atoms with Gasteiger partial charge < -0.3 is 10.1 Å². The van der Waals surface area contributed by atoms with E-state index in [1.165, 1.54) is 4.68 Å². The van der Waals surface area contributed by atoms with Crippen LogP contribution in [-0.4, -0.2) is 20.7 Å². The number of nitrogens with zero attached hydrogens (tertiary/aromatic N) is 3. The van der Waals surface area contributed by atoms with E-state index in [0.29, 0.717) is 34.3 Å². The zero-order valence-corrected chi connectivity index (χ0v) is 18.8. The van der Waals surface area contributed by atoms with Crippen LogP contribution in [-0.2, 0) is 13.1 Å². The normalized spacial score (nSPS) is 10.7. The first kappa shape index (κ1) is 22.0. The molecule has 1 N–H and O–H groups in total. The summed E-state index contributed by atoms with van der Waals surface area (Å²) in [6.45, 7) is 0.469. The van der Waals surface area contributed by atoms with Gasteiger partial charge >= 0.3 is 0 Å². The number of aromatic nitrogens is 3. The molecule has 3 aromatic carbocycles. The molecule has 0 spiro atoms. The molecule has 5 aromatic rings. The van der Waals surface area contributed by atoms with Crippen LogP contribution >= 0.6 is 0 Å². The third-order valence-corrected chi connectivity index (χ3v) is 5.51. The summed E-state index contributed by atoms with van der Waals surface area (Å²) in [5.74, 6) is 1.12. The molecule has 7 heteroatoms. The third-order valence-electron chi connectivity index (χ3n) is 5.51.